The zero-order valence-corrected chi connectivity index (χ0v) is 13.7. The van der Waals surface area contributed by atoms with E-state index in [1.807, 2.05) is 18.4 Å². The predicted octanol–water partition coefficient (Wildman–Crippen LogP) is 2.49. The van der Waals surface area contributed by atoms with Gasteiger partial charge in [0.05, 0.1) is 18.3 Å². The zero-order chi connectivity index (χ0) is 15.5. The first kappa shape index (κ1) is 16.2. The Kier molecular flexibility index (Phi) is 5.16. The van der Waals surface area contributed by atoms with E-state index in [-0.39, 0.29) is 0 Å². The van der Waals surface area contributed by atoms with Crippen molar-refractivity contribution in [3.8, 4) is 0 Å². The van der Waals surface area contributed by atoms with E-state index >= 15 is 0 Å². The number of nitrogens with one attached hydrogen (secondary N) is 1. The smallest absolute Gasteiger partial charge is 0.310 e. The highest BCUT2D eigenvalue weighted by atomic mass is 32.2. The first-order chi connectivity index (χ1) is 9.97. The molecular formula is C14H19NO4S2. The largest absolute Gasteiger partial charge is 0.469 e. The highest BCUT2D eigenvalue weighted by molar-refractivity contribution is 7.98. The second kappa shape index (κ2) is 6.70. The number of ether oxygens (including phenoxy) is 1. The number of sulfonamides is 1. The zero-order valence-electron chi connectivity index (χ0n) is 12.0. The van der Waals surface area contributed by atoms with E-state index < -0.39 is 27.2 Å². The maximum Gasteiger partial charge on any atom is 0.310 e. The second-order valence-corrected chi connectivity index (χ2v) is 7.75. The molecule has 0 amide bonds. The Morgan fingerprint density at radius 3 is 2.52 bits per heavy atom. The number of benzene rings is 1. The van der Waals surface area contributed by atoms with Gasteiger partial charge in [-0.15, -0.1) is 11.8 Å². The van der Waals surface area contributed by atoms with Crippen molar-refractivity contribution in [2.45, 2.75) is 29.4 Å². The third-order valence-electron chi connectivity index (χ3n) is 3.71. The average Bonchev–Trinajstić information content (AvgIpc) is 2.97. The van der Waals surface area contributed by atoms with Crippen LogP contribution in [0.1, 0.15) is 19.3 Å². The molecule has 2 unspecified atom stereocenters. The van der Waals surface area contributed by atoms with Gasteiger partial charge in [-0.3, -0.25) is 9.52 Å². The van der Waals surface area contributed by atoms with Gasteiger partial charge in [0.15, 0.2) is 0 Å². The molecule has 0 radical (unpaired) electrons. The molecule has 0 spiro atoms. The van der Waals surface area contributed by atoms with E-state index in [1.165, 1.54) is 7.11 Å². The maximum atomic E-state index is 12.5. The average molecular weight is 329 g/mol. The van der Waals surface area contributed by atoms with Crippen LogP contribution >= 0.6 is 11.8 Å². The molecule has 116 valence electrons. The predicted molar refractivity (Wildman–Crippen MR) is 83.9 cm³/mol. The number of hydrogen-bond donors (Lipinski definition) is 1. The lowest BCUT2D eigenvalue weighted by molar-refractivity contribution is -0.145. The van der Waals surface area contributed by atoms with Crippen LogP contribution in [-0.2, 0) is 19.6 Å². The molecule has 1 saturated carbocycles. The van der Waals surface area contributed by atoms with E-state index in [0.717, 1.165) is 11.3 Å². The fourth-order valence-corrected chi connectivity index (χ4v) is 4.80. The molecule has 0 heterocycles. The molecule has 1 aliphatic carbocycles. The summed E-state index contributed by atoms with van der Waals surface area (Å²) in [5, 5.41) is -0.717. The monoisotopic (exact) mass is 329 g/mol. The molecule has 5 nitrogen and oxygen atoms in total. The highest BCUT2D eigenvalue weighted by Crippen LogP contribution is 2.33. The highest BCUT2D eigenvalue weighted by Gasteiger charge is 2.42. The first-order valence-electron chi connectivity index (χ1n) is 6.71. The molecular weight excluding hydrogens is 310 g/mol. The van der Waals surface area contributed by atoms with Crippen LogP contribution in [-0.4, -0.2) is 33.0 Å². The van der Waals surface area contributed by atoms with Gasteiger partial charge in [0.2, 0.25) is 10.0 Å². The fraction of sp³-hybridized carbons (Fsp3) is 0.500. The van der Waals surface area contributed by atoms with E-state index in [2.05, 4.69) is 4.72 Å². The van der Waals surface area contributed by atoms with Crippen LogP contribution in [0.4, 0.5) is 5.69 Å². The molecule has 7 heteroatoms. The molecule has 0 aliphatic heterocycles. The molecule has 1 aromatic rings. The van der Waals surface area contributed by atoms with Gasteiger partial charge in [-0.2, -0.15) is 0 Å². The van der Waals surface area contributed by atoms with Gasteiger partial charge in [-0.1, -0.05) is 6.42 Å². The third kappa shape index (κ3) is 3.71. The SMILES string of the molecule is COC(=O)C1CCCC1S(=O)(=O)Nc1ccc(SC)cc1. The van der Waals surface area contributed by atoms with Gasteiger partial charge in [-0.05, 0) is 43.4 Å². The summed E-state index contributed by atoms with van der Waals surface area (Å²) in [5.41, 5.74) is 0.517. The molecule has 0 bridgehead atoms. The summed E-state index contributed by atoms with van der Waals surface area (Å²) in [5.74, 6) is -1.02. The lowest BCUT2D eigenvalue weighted by atomic mass is 10.1. The minimum Gasteiger partial charge on any atom is -0.469 e. The van der Waals surface area contributed by atoms with Crippen LogP contribution in [0.25, 0.3) is 0 Å². The number of esters is 1. The van der Waals surface area contributed by atoms with Crippen LogP contribution in [0.15, 0.2) is 29.2 Å². The minimum atomic E-state index is -3.59. The van der Waals surface area contributed by atoms with Crippen molar-refractivity contribution in [2.75, 3.05) is 18.1 Å². The summed E-state index contributed by atoms with van der Waals surface area (Å²) >= 11 is 1.59. The summed E-state index contributed by atoms with van der Waals surface area (Å²) in [6, 6.07) is 7.17. The Bertz CT molecular complexity index is 598. The number of carbonyl (C=O) groups is 1. The van der Waals surface area contributed by atoms with Crippen molar-refractivity contribution >= 4 is 33.4 Å². The first-order valence-corrected chi connectivity index (χ1v) is 9.48. The third-order valence-corrected chi connectivity index (χ3v) is 6.33. The van der Waals surface area contributed by atoms with E-state index in [9.17, 15) is 13.2 Å². The lowest BCUT2D eigenvalue weighted by Crippen LogP contribution is -2.35. The van der Waals surface area contributed by atoms with Gasteiger partial charge in [0, 0.05) is 10.6 Å². The van der Waals surface area contributed by atoms with Crippen LogP contribution in [0.3, 0.4) is 0 Å². The molecule has 2 atom stereocenters. The Hall–Kier alpha value is -1.21. The molecule has 21 heavy (non-hydrogen) atoms. The number of hydrogen-bond acceptors (Lipinski definition) is 5. The number of carbonyl (C=O) groups excluding carboxylic acids is 1. The van der Waals surface area contributed by atoms with Crippen LogP contribution in [0.5, 0.6) is 0 Å². The minimum absolute atomic E-state index is 0.444. The van der Waals surface area contributed by atoms with Crippen molar-refractivity contribution in [1.82, 2.24) is 0 Å². The molecule has 1 aliphatic rings. The Labute approximate surface area is 129 Å². The molecule has 2 rings (SSSR count). The molecule has 1 N–H and O–H groups in total. The van der Waals surface area contributed by atoms with Gasteiger partial charge in [0.25, 0.3) is 0 Å². The number of thioether (sulfide) groups is 1. The maximum absolute atomic E-state index is 12.5. The number of methoxy groups -OCH3 is 1. The van der Waals surface area contributed by atoms with Crippen LogP contribution < -0.4 is 4.72 Å². The lowest BCUT2D eigenvalue weighted by Gasteiger charge is -2.19. The Morgan fingerprint density at radius 1 is 1.29 bits per heavy atom. The van der Waals surface area contributed by atoms with E-state index in [1.54, 1.807) is 23.9 Å². The van der Waals surface area contributed by atoms with Crippen LogP contribution in [0.2, 0.25) is 0 Å². The normalized spacial score (nSPS) is 22.0. The molecule has 1 aromatic carbocycles. The van der Waals surface area contributed by atoms with Gasteiger partial charge < -0.3 is 4.74 Å². The van der Waals surface area contributed by atoms with Crippen molar-refractivity contribution in [2.24, 2.45) is 5.92 Å². The summed E-state index contributed by atoms with van der Waals surface area (Å²) in [6.07, 6.45) is 3.72. The van der Waals surface area contributed by atoms with E-state index in [0.29, 0.717) is 18.5 Å². The molecule has 0 aromatic heterocycles. The Morgan fingerprint density at radius 2 is 1.95 bits per heavy atom. The quantitative estimate of drug-likeness (QED) is 0.664. The van der Waals surface area contributed by atoms with Crippen molar-refractivity contribution < 1.29 is 17.9 Å². The summed E-state index contributed by atoms with van der Waals surface area (Å²) in [4.78, 5) is 12.8. The standard InChI is InChI=1S/C14H19NO4S2/c1-19-14(16)12-4-3-5-13(12)21(17,18)15-10-6-8-11(20-2)9-7-10/h6-9,12-13,15H,3-5H2,1-2H3. The fourth-order valence-electron chi connectivity index (χ4n) is 2.62. The number of anilines is 1. The molecule has 1 fully saturated rings. The van der Waals surface area contributed by atoms with Crippen molar-refractivity contribution in [3.63, 3.8) is 0 Å². The van der Waals surface area contributed by atoms with Crippen molar-refractivity contribution in [1.29, 1.82) is 0 Å². The van der Waals surface area contributed by atoms with Gasteiger partial charge >= 0.3 is 5.97 Å². The summed E-state index contributed by atoms with van der Waals surface area (Å²) in [6.45, 7) is 0. The second-order valence-electron chi connectivity index (χ2n) is 4.97. The van der Waals surface area contributed by atoms with E-state index in [4.69, 9.17) is 4.74 Å². The summed E-state index contributed by atoms with van der Waals surface area (Å²) < 4.78 is 32.2. The summed E-state index contributed by atoms with van der Waals surface area (Å²) in [7, 11) is -2.30. The van der Waals surface area contributed by atoms with Gasteiger partial charge in [-0.25, -0.2) is 8.42 Å². The van der Waals surface area contributed by atoms with Crippen LogP contribution in [0, 0.1) is 5.92 Å². The Balaban J connectivity index is 2.15. The van der Waals surface area contributed by atoms with Gasteiger partial charge in [0.1, 0.15) is 0 Å². The topological polar surface area (TPSA) is 72.5 Å². The number of rotatable bonds is 5. The molecule has 0 saturated heterocycles. The van der Waals surface area contributed by atoms with Crippen molar-refractivity contribution in [3.05, 3.63) is 24.3 Å².